The lowest BCUT2D eigenvalue weighted by molar-refractivity contribution is 0.453. The third-order valence-corrected chi connectivity index (χ3v) is 17.8. The summed E-state index contributed by atoms with van der Waals surface area (Å²) in [5, 5.41) is 14.9. The number of rotatable bonds is 7. The van der Waals surface area contributed by atoms with E-state index in [0.29, 0.717) is 5.75 Å². The largest absolute Gasteiger partial charge is 0.569 e. The van der Waals surface area contributed by atoms with Gasteiger partial charge in [0, 0.05) is 48.6 Å². The Bertz CT molecular complexity index is 4310. The second kappa shape index (κ2) is 20.5. The molecule has 6 heteroatoms. The zero-order valence-electron chi connectivity index (χ0n) is 46.4. The number of halogens is 1. The molecule has 0 unspecified atom stereocenters. The van der Waals surface area contributed by atoms with E-state index in [-0.39, 0.29) is 16.2 Å². The molecule has 0 aliphatic heterocycles. The fourth-order valence-corrected chi connectivity index (χ4v) is 13.3. The summed E-state index contributed by atoms with van der Waals surface area (Å²) in [5.41, 5.74) is 27.0. The maximum Gasteiger partial charge on any atom is 0.569 e. The summed E-state index contributed by atoms with van der Waals surface area (Å²) >= 11 is 3.51. The van der Waals surface area contributed by atoms with Crippen molar-refractivity contribution < 1.29 is 9.68 Å². The highest BCUT2D eigenvalue weighted by molar-refractivity contribution is 9.10. The molecule has 3 aliphatic rings. The van der Waals surface area contributed by atoms with Crippen LogP contribution in [0.15, 0.2) is 253 Å². The Morgan fingerprint density at radius 3 is 1.28 bits per heavy atom. The van der Waals surface area contributed by atoms with Crippen molar-refractivity contribution in [2.45, 2.75) is 57.8 Å². The second-order valence-electron chi connectivity index (χ2n) is 23.1. The summed E-state index contributed by atoms with van der Waals surface area (Å²) in [6, 6.07) is 89.1. The number of aromatic nitrogens is 1. The van der Waals surface area contributed by atoms with Crippen LogP contribution < -0.4 is 9.97 Å². The van der Waals surface area contributed by atoms with Crippen LogP contribution in [-0.2, 0) is 16.2 Å². The SMILES string of the molecule is CC1(C)c2ccccc2-c2ccc(-c3ccc(Br)cc3)cc21.CC1(C)c2ccccc2-c2ccc(Nc3ccc(-c4ccc(-n5c6ccccc6c6ccccc65)cc4)cc3)cc21.CC1(C)c2ccccc2-c2ccc(O[B]O)cc21. The van der Waals surface area contributed by atoms with Gasteiger partial charge in [-0.25, -0.2) is 0 Å². The molecule has 12 aromatic rings. The maximum atomic E-state index is 8.72. The van der Waals surface area contributed by atoms with Crippen molar-refractivity contribution in [3.05, 3.63) is 287 Å². The number of para-hydroxylation sites is 2. The van der Waals surface area contributed by atoms with E-state index in [2.05, 4.69) is 304 Å². The summed E-state index contributed by atoms with van der Waals surface area (Å²) in [6.45, 7) is 13.7. The van der Waals surface area contributed by atoms with Crippen LogP contribution in [0.3, 0.4) is 0 Å². The first kappa shape index (κ1) is 51.7. The van der Waals surface area contributed by atoms with Crippen molar-refractivity contribution in [3.63, 3.8) is 0 Å². The van der Waals surface area contributed by atoms with E-state index >= 15 is 0 Å². The van der Waals surface area contributed by atoms with Gasteiger partial charge in [0.25, 0.3) is 0 Å². The normalized spacial score (nSPS) is 14.0. The zero-order valence-corrected chi connectivity index (χ0v) is 48.0. The van der Waals surface area contributed by atoms with Gasteiger partial charge < -0.3 is 19.6 Å². The van der Waals surface area contributed by atoms with Gasteiger partial charge in [0.2, 0.25) is 0 Å². The van der Waals surface area contributed by atoms with Crippen molar-refractivity contribution in [2.75, 3.05) is 5.32 Å². The Morgan fingerprint density at radius 2 is 0.753 bits per heavy atom. The smallest absolute Gasteiger partial charge is 0.537 e. The fraction of sp³-hybridized carbons (Fsp3) is 0.120. The molecule has 0 saturated heterocycles. The molecule has 3 aliphatic carbocycles. The average Bonchev–Trinajstić information content (AvgIpc) is 4.08. The monoisotopic (exact) mass is 1110 g/mol. The molecule has 0 saturated carbocycles. The van der Waals surface area contributed by atoms with E-state index in [9.17, 15) is 0 Å². The summed E-state index contributed by atoms with van der Waals surface area (Å²) in [4.78, 5) is 0. The van der Waals surface area contributed by atoms with E-state index in [4.69, 9.17) is 9.68 Å². The van der Waals surface area contributed by atoms with Crippen LogP contribution in [0, 0.1) is 0 Å². The third kappa shape index (κ3) is 9.08. The second-order valence-corrected chi connectivity index (χ2v) is 24.0. The minimum Gasteiger partial charge on any atom is -0.537 e. The van der Waals surface area contributed by atoms with Crippen LogP contribution in [0.25, 0.3) is 83.1 Å². The molecule has 393 valence electrons. The van der Waals surface area contributed by atoms with Crippen molar-refractivity contribution in [1.82, 2.24) is 4.57 Å². The van der Waals surface area contributed by atoms with Crippen LogP contribution in [0.1, 0.15) is 74.9 Å². The van der Waals surface area contributed by atoms with Crippen LogP contribution in [0.4, 0.5) is 11.4 Å². The van der Waals surface area contributed by atoms with Gasteiger partial charge in [-0.15, -0.1) is 0 Å². The van der Waals surface area contributed by atoms with Gasteiger partial charge in [-0.2, -0.15) is 0 Å². The van der Waals surface area contributed by atoms with Crippen molar-refractivity contribution in [2.24, 2.45) is 0 Å². The Kier molecular flexibility index (Phi) is 13.1. The number of hydrogen-bond donors (Lipinski definition) is 2. The summed E-state index contributed by atoms with van der Waals surface area (Å²) in [7, 11) is 0.719. The lowest BCUT2D eigenvalue weighted by Gasteiger charge is -2.22. The highest BCUT2D eigenvalue weighted by Gasteiger charge is 2.37. The molecule has 4 nitrogen and oxygen atoms in total. The van der Waals surface area contributed by atoms with Crippen molar-refractivity contribution in [3.8, 4) is 67.1 Å². The van der Waals surface area contributed by atoms with E-state index in [1.165, 1.54) is 117 Å². The molecule has 81 heavy (non-hydrogen) atoms. The van der Waals surface area contributed by atoms with Crippen molar-refractivity contribution >= 4 is 56.8 Å². The molecule has 1 aromatic heterocycles. The Labute approximate surface area is 484 Å². The predicted molar refractivity (Wildman–Crippen MR) is 343 cm³/mol. The number of nitrogens with one attached hydrogen (secondary N) is 1. The van der Waals surface area contributed by atoms with Crippen LogP contribution in [0.2, 0.25) is 0 Å². The molecular weight excluding hydrogens is 1050 g/mol. The number of benzene rings is 11. The van der Waals surface area contributed by atoms with E-state index in [1.54, 1.807) is 0 Å². The lowest BCUT2D eigenvalue weighted by Crippen LogP contribution is -2.15. The first-order chi connectivity index (χ1) is 39.3. The first-order valence-corrected chi connectivity index (χ1v) is 28.7. The Morgan fingerprint density at radius 1 is 0.370 bits per heavy atom. The van der Waals surface area contributed by atoms with Crippen LogP contribution in [0.5, 0.6) is 5.75 Å². The van der Waals surface area contributed by atoms with Gasteiger partial charge in [-0.3, -0.25) is 0 Å². The minimum atomic E-state index is -0.0270. The molecule has 1 radical (unpaired) electrons. The molecule has 2 N–H and O–H groups in total. The number of hydrogen-bond acceptors (Lipinski definition) is 3. The highest BCUT2D eigenvalue weighted by atomic mass is 79.9. The van der Waals surface area contributed by atoms with Gasteiger partial charge in [-0.1, -0.05) is 227 Å². The average molecular weight is 1110 g/mol. The highest BCUT2D eigenvalue weighted by Crippen LogP contribution is 2.52. The first-order valence-electron chi connectivity index (χ1n) is 27.9. The molecule has 0 bridgehead atoms. The number of nitrogens with zero attached hydrogens (tertiary/aromatic N) is 1. The van der Waals surface area contributed by atoms with E-state index in [0.717, 1.165) is 23.5 Å². The quantitative estimate of drug-likeness (QED) is 0.156. The molecule has 0 fully saturated rings. The Balaban J connectivity index is 0.000000129. The van der Waals surface area contributed by atoms with E-state index in [1.807, 2.05) is 12.1 Å². The topological polar surface area (TPSA) is 46.4 Å². The van der Waals surface area contributed by atoms with Gasteiger partial charge in [0.05, 0.1) is 11.0 Å². The molecule has 11 aromatic carbocycles. The molecule has 0 amide bonds. The van der Waals surface area contributed by atoms with Gasteiger partial charge >= 0.3 is 7.69 Å². The summed E-state index contributed by atoms with van der Waals surface area (Å²) in [5.74, 6) is 0.664. The summed E-state index contributed by atoms with van der Waals surface area (Å²) in [6.07, 6.45) is 0. The minimum absolute atomic E-state index is 0.00113. The fourth-order valence-electron chi connectivity index (χ4n) is 13.0. The van der Waals surface area contributed by atoms with Gasteiger partial charge in [-0.05, 0) is 168 Å². The molecular formula is C75H61BBrN2O2. The molecule has 1 heterocycles. The molecule has 15 rings (SSSR count). The number of fused-ring (bicyclic) bond motifs is 12. The standard InChI is InChI=1S/C39H30N2.C21H17Br.C15H14BO2/c1-39(2)35-12-6-3-9-31(35)32-24-21-29(25-36(32)39)40-28-19-15-26(16-20-28)27-17-22-30(23-18-27)41-37-13-7-4-10-33(37)34-11-5-8-14-38(34)41;1-21(2)19-6-4-3-5-17(19)18-12-9-15(13-20(18)21)14-7-10-16(22)11-8-14;1-15(2)13-6-4-3-5-11(13)12-8-7-10(18-16-17)9-14(12)15/h3-25,40H,1-2H3;3-13H,1-2H3;3-9,17H,1-2H3. The van der Waals surface area contributed by atoms with E-state index < -0.39 is 0 Å². The predicted octanol–water partition coefficient (Wildman–Crippen LogP) is 19.8. The molecule has 0 atom stereocenters. The van der Waals surface area contributed by atoms with Gasteiger partial charge in [0.1, 0.15) is 5.75 Å². The lowest BCUT2D eigenvalue weighted by atomic mass is 9.81. The zero-order chi connectivity index (χ0) is 55.6. The van der Waals surface area contributed by atoms with Gasteiger partial charge in [0.15, 0.2) is 0 Å². The number of anilines is 2. The third-order valence-electron chi connectivity index (χ3n) is 17.3. The summed E-state index contributed by atoms with van der Waals surface area (Å²) < 4.78 is 8.53. The Hall–Kier alpha value is -8.68. The molecule has 0 spiro atoms. The van der Waals surface area contributed by atoms with Crippen LogP contribution >= 0.6 is 15.9 Å². The van der Waals surface area contributed by atoms with Crippen LogP contribution in [-0.4, -0.2) is 17.3 Å². The maximum absolute atomic E-state index is 8.72. The van der Waals surface area contributed by atoms with Crippen molar-refractivity contribution in [1.29, 1.82) is 0 Å².